The summed E-state index contributed by atoms with van der Waals surface area (Å²) in [4.78, 5) is 0. The molecule has 2 aliphatic carbocycles. The van der Waals surface area contributed by atoms with Crippen LogP contribution >= 0.6 is 0 Å². The Hall–Kier alpha value is -1.02. The van der Waals surface area contributed by atoms with E-state index in [9.17, 15) is 5.11 Å². The van der Waals surface area contributed by atoms with Crippen molar-refractivity contribution in [1.29, 1.82) is 0 Å². The molecule has 0 radical (unpaired) electrons. The van der Waals surface area contributed by atoms with Gasteiger partial charge in [0, 0.05) is 5.56 Å². The Balaban J connectivity index is 1.78. The van der Waals surface area contributed by atoms with Gasteiger partial charge in [0.15, 0.2) is 0 Å². The molecule has 0 aromatic heterocycles. The van der Waals surface area contributed by atoms with Gasteiger partial charge in [0.25, 0.3) is 0 Å². The normalized spacial score (nSPS) is 22.5. The van der Waals surface area contributed by atoms with Crippen LogP contribution < -0.4 is 4.74 Å². The Kier molecular flexibility index (Phi) is 1.99. The fourth-order valence-electron chi connectivity index (χ4n) is 1.86. The number of aliphatic hydroxyl groups is 1. The minimum Gasteiger partial charge on any atom is -0.493 e. The van der Waals surface area contributed by atoms with Crippen LogP contribution in [0.2, 0.25) is 0 Å². The van der Waals surface area contributed by atoms with Gasteiger partial charge in [-0.05, 0) is 37.7 Å². The predicted molar refractivity (Wildman–Crippen MR) is 57.8 cm³/mol. The molecule has 0 amide bonds. The van der Waals surface area contributed by atoms with E-state index < -0.39 is 5.60 Å². The van der Waals surface area contributed by atoms with Gasteiger partial charge in [0.05, 0.1) is 12.2 Å². The van der Waals surface area contributed by atoms with Crippen LogP contribution in [0.4, 0.5) is 0 Å². The van der Waals surface area contributed by atoms with E-state index in [0.29, 0.717) is 0 Å². The molecule has 1 N–H and O–H groups in total. The van der Waals surface area contributed by atoms with Crippen LogP contribution in [-0.4, -0.2) is 11.7 Å². The maximum atomic E-state index is 10.1. The van der Waals surface area contributed by atoms with Crippen molar-refractivity contribution in [3.8, 4) is 5.75 Å². The van der Waals surface area contributed by atoms with Crippen LogP contribution in [0.1, 0.15) is 31.2 Å². The van der Waals surface area contributed by atoms with Crippen LogP contribution in [0.3, 0.4) is 0 Å². The Morgan fingerprint density at radius 1 is 1.27 bits per heavy atom. The van der Waals surface area contributed by atoms with Crippen molar-refractivity contribution in [1.82, 2.24) is 0 Å². The second-order valence-corrected chi connectivity index (χ2v) is 4.78. The van der Waals surface area contributed by atoms with Gasteiger partial charge in [0.2, 0.25) is 0 Å². The number of hydrogen-bond donors (Lipinski definition) is 1. The highest BCUT2D eigenvalue weighted by molar-refractivity contribution is 5.40. The summed E-state index contributed by atoms with van der Waals surface area (Å²) in [6, 6.07) is 7.89. The maximum Gasteiger partial charge on any atom is 0.125 e. The van der Waals surface area contributed by atoms with Crippen LogP contribution in [0.25, 0.3) is 0 Å². The summed E-state index contributed by atoms with van der Waals surface area (Å²) >= 11 is 0. The molecule has 0 heterocycles. The predicted octanol–water partition coefficient (Wildman–Crippen LogP) is 2.46. The van der Waals surface area contributed by atoms with Gasteiger partial charge >= 0.3 is 0 Å². The fourth-order valence-corrected chi connectivity index (χ4v) is 1.86. The molecule has 0 aliphatic heterocycles. The summed E-state index contributed by atoms with van der Waals surface area (Å²) in [6.45, 7) is 0.813. The quantitative estimate of drug-likeness (QED) is 0.816. The average Bonchev–Trinajstić information content (AvgIpc) is 3.13. The van der Waals surface area contributed by atoms with Crippen molar-refractivity contribution in [3.05, 3.63) is 29.8 Å². The summed E-state index contributed by atoms with van der Waals surface area (Å²) < 4.78 is 5.77. The lowest BCUT2D eigenvalue weighted by Crippen LogP contribution is -2.09. The Labute approximate surface area is 89.9 Å². The van der Waals surface area contributed by atoms with E-state index in [1.165, 1.54) is 12.8 Å². The first-order chi connectivity index (χ1) is 7.28. The number of hydrogen-bond acceptors (Lipinski definition) is 2. The standard InChI is InChI=1S/C13H16O2/c14-13(7-8-13)11-3-1-2-4-12(11)15-9-10-5-6-10/h1-4,10,14H,5-9H2. The van der Waals surface area contributed by atoms with Gasteiger partial charge in [-0.3, -0.25) is 0 Å². The molecule has 2 heteroatoms. The van der Waals surface area contributed by atoms with Crippen molar-refractivity contribution < 1.29 is 9.84 Å². The summed E-state index contributed by atoms with van der Waals surface area (Å²) in [5, 5.41) is 10.1. The van der Waals surface area contributed by atoms with Gasteiger partial charge < -0.3 is 9.84 Å². The molecule has 2 fully saturated rings. The lowest BCUT2D eigenvalue weighted by Gasteiger charge is -2.14. The molecule has 2 saturated carbocycles. The number of rotatable bonds is 4. The van der Waals surface area contributed by atoms with Gasteiger partial charge in [-0.2, -0.15) is 0 Å². The monoisotopic (exact) mass is 204 g/mol. The minimum absolute atomic E-state index is 0.583. The molecule has 1 aromatic carbocycles. The van der Waals surface area contributed by atoms with Crippen molar-refractivity contribution in [2.75, 3.05) is 6.61 Å². The second-order valence-electron chi connectivity index (χ2n) is 4.78. The van der Waals surface area contributed by atoms with Crippen molar-refractivity contribution in [3.63, 3.8) is 0 Å². The van der Waals surface area contributed by atoms with E-state index >= 15 is 0 Å². The second kappa shape index (κ2) is 3.24. The van der Waals surface area contributed by atoms with E-state index in [0.717, 1.165) is 36.7 Å². The number of para-hydroxylation sites is 1. The third-order valence-electron chi connectivity index (χ3n) is 3.28. The van der Waals surface area contributed by atoms with Crippen molar-refractivity contribution in [2.24, 2.45) is 5.92 Å². The SMILES string of the molecule is OC1(c2ccccc2OCC2CC2)CC1. The first kappa shape index (κ1) is 9.22. The number of ether oxygens (including phenoxy) is 1. The third-order valence-corrected chi connectivity index (χ3v) is 3.28. The van der Waals surface area contributed by atoms with E-state index in [1.807, 2.05) is 24.3 Å². The third kappa shape index (κ3) is 1.86. The molecule has 0 unspecified atom stereocenters. The van der Waals surface area contributed by atoms with E-state index in [-0.39, 0.29) is 0 Å². The molecule has 0 spiro atoms. The lowest BCUT2D eigenvalue weighted by atomic mass is 10.1. The highest BCUT2D eigenvalue weighted by Crippen LogP contribution is 2.48. The van der Waals surface area contributed by atoms with Crippen molar-refractivity contribution in [2.45, 2.75) is 31.3 Å². The topological polar surface area (TPSA) is 29.5 Å². The zero-order valence-electron chi connectivity index (χ0n) is 8.78. The molecule has 80 valence electrons. The summed E-state index contributed by atoms with van der Waals surface area (Å²) in [7, 11) is 0. The first-order valence-electron chi connectivity index (χ1n) is 5.73. The smallest absolute Gasteiger partial charge is 0.125 e. The summed E-state index contributed by atoms with van der Waals surface area (Å²) in [5.74, 6) is 1.64. The zero-order valence-corrected chi connectivity index (χ0v) is 8.78. The van der Waals surface area contributed by atoms with Crippen molar-refractivity contribution >= 4 is 0 Å². The molecular weight excluding hydrogens is 188 g/mol. The minimum atomic E-state index is -0.583. The van der Waals surface area contributed by atoms with Gasteiger partial charge in [0.1, 0.15) is 5.75 Å². The Bertz CT molecular complexity index is 365. The van der Waals surface area contributed by atoms with E-state index in [4.69, 9.17) is 4.74 Å². The zero-order chi connectivity index (χ0) is 10.3. The number of benzene rings is 1. The van der Waals surface area contributed by atoms with Crippen LogP contribution in [0.5, 0.6) is 5.75 Å². The molecule has 3 rings (SSSR count). The highest BCUT2D eigenvalue weighted by Gasteiger charge is 2.44. The lowest BCUT2D eigenvalue weighted by molar-refractivity contribution is 0.145. The average molecular weight is 204 g/mol. The summed E-state index contributed by atoms with van der Waals surface area (Å²) in [6.07, 6.45) is 4.34. The highest BCUT2D eigenvalue weighted by atomic mass is 16.5. The van der Waals surface area contributed by atoms with Gasteiger partial charge in [-0.1, -0.05) is 18.2 Å². The fraction of sp³-hybridized carbons (Fsp3) is 0.538. The molecule has 0 atom stereocenters. The van der Waals surface area contributed by atoms with Crippen LogP contribution in [0.15, 0.2) is 24.3 Å². The maximum absolute atomic E-state index is 10.1. The summed E-state index contributed by atoms with van der Waals surface area (Å²) in [5.41, 5.74) is 0.394. The molecule has 0 saturated heterocycles. The Morgan fingerprint density at radius 3 is 2.67 bits per heavy atom. The molecule has 15 heavy (non-hydrogen) atoms. The van der Waals surface area contributed by atoms with Gasteiger partial charge in [-0.25, -0.2) is 0 Å². The van der Waals surface area contributed by atoms with E-state index in [2.05, 4.69) is 0 Å². The Morgan fingerprint density at radius 2 is 2.00 bits per heavy atom. The largest absolute Gasteiger partial charge is 0.493 e. The molecule has 2 nitrogen and oxygen atoms in total. The first-order valence-corrected chi connectivity index (χ1v) is 5.73. The van der Waals surface area contributed by atoms with Crippen LogP contribution in [0, 0.1) is 5.92 Å². The van der Waals surface area contributed by atoms with Crippen LogP contribution in [-0.2, 0) is 5.60 Å². The van der Waals surface area contributed by atoms with E-state index in [1.54, 1.807) is 0 Å². The molecular formula is C13H16O2. The molecule has 1 aromatic rings. The molecule has 0 bridgehead atoms. The molecule has 2 aliphatic rings. The van der Waals surface area contributed by atoms with Gasteiger partial charge in [-0.15, -0.1) is 0 Å².